The number of Topliss-reactive ketones (excluding diaryl/α,β-unsaturated/α-hetero) is 1. The number of nitrogen functional groups attached to an aromatic ring is 2. The van der Waals surface area contributed by atoms with Gasteiger partial charge < -0.3 is 20.3 Å². The van der Waals surface area contributed by atoms with Gasteiger partial charge in [0, 0.05) is 44.9 Å². The quantitative estimate of drug-likeness (QED) is 0.317. The van der Waals surface area contributed by atoms with E-state index in [1.165, 1.54) is 22.7 Å². The van der Waals surface area contributed by atoms with Crippen LogP contribution in [0.2, 0.25) is 0 Å². The summed E-state index contributed by atoms with van der Waals surface area (Å²) in [7, 11) is -2.30. The molecule has 0 spiro atoms. The predicted molar refractivity (Wildman–Crippen MR) is 150 cm³/mol. The lowest BCUT2D eigenvalue weighted by atomic mass is 9.82. The average molecular weight is 591 g/mol. The summed E-state index contributed by atoms with van der Waals surface area (Å²) in [5.74, 6) is 1.71. The molecule has 0 radical (unpaired) electrons. The number of hydrogen-bond donors (Lipinski definition) is 2. The van der Waals surface area contributed by atoms with Crippen molar-refractivity contribution in [2.75, 3.05) is 23.0 Å². The third-order valence-corrected chi connectivity index (χ3v) is 12.9. The Hall–Kier alpha value is -2.61. The van der Waals surface area contributed by atoms with Gasteiger partial charge in [-0.05, 0) is 49.9 Å². The van der Waals surface area contributed by atoms with E-state index < -0.39 is 21.6 Å². The normalized spacial score (nSPS) is 27.9. The number of rotatable bonds is 6. The summed E-state index contributed by atoms with van der Waals surface area (Å²) in [5, 5.41) is 0.0808. The summed E-state index contributed by atoms with van der Waals surface area (Å²) >= 11 is 2.62. The molecule has 2 aliphatic heterocycles. The number of carbonyl (C=O) groups is 1. The van der Waals surface area contributed by atoms with Crippen LogP contribution in [0.25, 0.3) is 22.9 Å². The van der Waals surface area contributed by atoms with Crippen LogP contribution in [0.15, 0.2) is 45.6 Å². The minimum absolute atomic E-state index is 0.155. The standard InChI is InChI=1S/C25H26N4O5S4/c26-24-28-19(15-3-1-7-33-15)22(35-24)17-11-13(5-9-37(17)31)21(30)14-6-10-38(32)18(12-14)23-20(29-25(27)36-23)16-4-2-8-34-16/h1-4,7-8,13-14,17-18H,5-6,9-12H2,(H2,26,28)(H2,27,29). The van der Waals surface area contributed by atoms with Crippen molar-refractivity contribution in [2.45, 2.75) is 36.2 Å². The predicted octanol–water partition coefficient (Wildman–Crippen LogP) is 4.95. The van der Waals surface area contributed by atoms with Gasteiger partial charge in [-0.3, -0.25) is 13.2 Å². The molecular formula is C25H26N4O5S4. The lowest BCUT2D eigenvalue weighted by Gasteiger charge is -2.33. The number of carbonyl (C=O) groups excluding carboxylic acids is 1. The minimum Gasteiger partial charge on any atom is -0.463 e. The first-order chi connectivity index (χ1) is 18.4. The largest absolute Gasteiger partial charge is 0.463 e. The monoisotopic (exact) mass is 590 g/mol. The van der Waals surface area contributed by atoms with E-state index in [9.17, 15) is 13.2 Å². The molecule has 2 aliphatic rings. The lowest BCUT2D eigenvalue weighted by molar-refractivity contribution is -0.127. The van der Waals surface area contributed by atoms with E-state index >= 15 is 0 Å². The van der Waals surface area contributed by atoms with Gasteiger partial charge in [0.1, 0.15) is 17.2 Å². The second-order valence-corrected chi connectivity index (χ2v) is 15.1. The maximum Gasteiger partial charge on any atom is 0.180 e. The first-order valence-electron chi connectivity index (χ1n) is 12.3. The maximum atomic E-state index is 13.8. The van der Waals surface area contributed by atoms with E-state index in [4.69, 9.17) is 20.3 Å². The number of aromatic nitrogens is 2. The molecule has 6 heterocycles. The van der Waals surface area contributed by atoms with Crippen molar-refractivity contribution < 1.29 is 22.0 Å². The molecule has 9 nitrogen and oxygen atoms in total. The van der Waals surface area contributed by atoms with Crippen molar-refractivity contribution in [3.63, 3.8) is 0 Å². The van der Waals surface area contributed by atoms with Gasteiger partial charge in [-0.2, -0.15) is 0 Å². The van der Waals surface area contributed by atoms with E-state index in [0.717, 1.165) is 9.75 Å². The van der Waals surface area contributed by atoms with Gasteiger partial charge in [-0.25, -0.2) is 9.97 Å². The number of nitrogens with two attached hydrogens (primary N) is 2. The Kier molecular flexibility index (Phi) is 7.10. The molecule has 0 aliphatic carbocycles. The first-order valence-corrected chi connectivity index (χ1v) is 16.7. The Morgan fingerprint density at radius 1 is 0.816 bits per heavy atom. The molecule has 0 bridgehead atoms. The van der Waals surface area contributed by atoms with Crippen LogP contribution in [0, 0.1) is 11.8 Å². The van der Waals surface area contributed by atoms with E-state index in [1.54, 1.807) is 36.8 Å². The zero-order chi connectivity index (χ0) is 26.4. The van der Waals surface area contributed by atoms with Crippen LogP contribution in [-0.2, 0) is 26.4 Å². The zero-order valence-corrected chi connectivity index (χ0v) is 23.5. The van der Waals surface area contributed by atoms with Crippen LogP contribution in [0.5, 0.6) is 0 Å². The SMILES string of the molecule is Nc1nc(-c2ccco2)c(C2CC(C(=O)C3CCS(=O)C(c4sc(N)nc4-c4ccco4)C3)CCS2=O)s1. The van der Waals surface area contributed by atoms with Crippen LogP contribution < -0.4 is 11.5 Å². The van der Waals surface area contributed by atoms with E-state index in [0.29, 0.717) is 70.4 Å². The van der Waals surface area contributed by atoms with E-state index in [1.807, 2.05) is 0 Å². The minimum atomic E-state index is -1.15. The van der Waals surface area contributed by atoms with Crippen LogP contribution in [-0.4, -0.2) is 35.7 Å². The van der Waals surface area contributed by atoms with Gasteiger partial charge in [-0.1, -0.05) is 0 Å². The van der Waals surface area contributed by atoms with Crippen LogP contribution in [0.4, 0.5) is 10.3 Å². The smallest absolute Gasteiger partial charge is 0.180 e. The molecule has 4 N–H and O–H groups in total. The number of nitrogens with zero attached hydrogens (tertiary/aromatic N) is 2. The van der Waals surface area contributed by atoms with Gasteiger partial charge in [0.2, 0.25) is 0 Å². The highest BCUT2D eigenvalue weighted by molar-refractivity contribution is 7.85. The van der Waals surface area contributed by atoms with E-state index in [-0.39, 0.29) is 28.1 Å². The molecule has 13 heteroatoms. The summed E-state index contributed by atoms with van der Waals surface area (Å²) < 4.78 is 37.4. The van der Waals surface area contributed by atoms with Crippen LogP contribution >= 0.6 is 22.7 Å². The zero-order valence-electron chi connectivity index (χ0n) is 20.2. The summed E-state index contributed by atoms with van der Waals surface area (Å²) in [4.78, 5) is 24.3. The second kappa shape index (κ2) is 10.5. The third kappa shape index (κ3) is 4.80. The molecule has 38 heavy (non-hydrogen) atoms. The van der Waals surface area contributed by atoms with Gasteiger partial charge in [0.15, 0.2) is 21.8 Å². The van der Waals surface area contributed by atoms with Gasteiger partial charge >= 0.3 is 0 Å². The molecule has 6 atom stereocenters. The van der Waals surface area contributed by atoms with Crippen molar-refractivity contribution in [2.24, 2.45) is 11.8 Å². The van der Waals surface area contributed by atoms with Crippen molar-refractivity contribution in [3.8, 4) is 22.9 Å². The molecule has 0 aromatic carbocycles. The summed E-state index contributed by atoms with van der Waals surface area (Å²) in [5.41, 5.74) is 13.3. The Bertz CT molecular complexity index is 1380. The Morgan fingerprint density at radius 3 is 1.66 bits per heavy atom. The molecule has 4 aromatic heterocycles. The molecular weight excluding hydrogens is 565 g/mol. The number of anilines is 2. The molecule has 0 saturated carbocycles. The summed E-state index contributed by atoms with van der Waals surface area (Å²) in [6, 6.07) is 7.16. The van der Waals surface area contributed by atoms with Crippen LogP contribution in [0.3, 0.4) is 0 Å². The average Bonchev–Trinajstić information content (AvgIpc) is 3.71. The lowest BCUT2D eigenvalue weighted by Crippen LogP contribution is -2.35. The number of ketones is 1. The molecule has 6 unspecified atom stereocenters. The fourth-order valence-electron chi connectivity index (χ4n) is 5.39. The number of thiazole rings is 2. The highest BCUT2D eigenvalue weighted by atomic mass is 32.2. The fraction of sp³-hybridized carbons (Fsp3) is 0.400. The highest BCUT2D eigenvalue weighted by Gasteiger charge is 2.41. The Labute approximate surface area is 232 Å². The maximum absolute atomic E-state index is 13.8. The number of furan rings is 2. The molecule has 4 aromatic rings. The van der Waals surface area contributed by atoms with Crippen molar-refractivity contribution in [3.05, 3.63) is 46.5 Å². The Morgan fingerprint density at radius 2 is 1.26 bits per heavy atom. The van der Waals surface area contributed by atoms with Gasteiger partial charge in [0.25, 0.3) is 0 Å². The topological polar surface area (TPSA) is 155 Å². The molecule has 0 amide bonds. The summed E-state index contributed by atoms with van der Waals surface area (Å²) in [6.07, 6.45) is 5.21. The fourth-order valence-corrected chi connectivity index (χ4v) is 11.2. The van der Waals surface area contributed by atoms with Gasteiger partial charge in [-0.15, -0.1) is 22.7 Å². The first kappa shape index (κ1) is 25.7. The highest BCUT2D eigenvalue weighted by Crippen LogP contribution is 2.46. The van der Waals surface area contributed by atoms with Crippen LogP contribution in [0.1, 0.15) is 45.9 Å². The summed E-state index contributed by atoms with van der Waals surface area (Å²) in [6.45, 7) is 0. The molecule has 200 valence electrons. The molecule has 6 rings (SSSR count). The molecule has 2 fully saturated rings. The van der Waals surface area contributed by atoms with Gasteiger partial charge in [0.05, 0.1) is 32.8 Å². The third-order valence-electron chi connectivity index (χ3n) is 7.21. The van der Waals surface area contributed by atoms with Crippen molar-refractivity contribution in [1.29, 1.82) is 0 Å². The van der Waals surface area contributed by atoms with E-state index in [2.05, 4.69) is 9.97 Å². The second-order valence-electron chi connectivity index (χ2n) is 9.48. The molecule has 2 saturated heterocycles. The number of hydrogen-bond acceptors (Lipinski definition) is 11. The Balaban J connectivity index is 1.23. The van der Waals surface area contributed by atoms with Crippen molar-refractivity contribution >= 4 is 60.3 Å². The van der Waals surface area contributed by atoms with Crippen molar-refractivity contribution in [1.82, 2.24) is 9.97 Å².